The van der Waals surface area contributed by atoms with E-state index < -0.39 is 0 Å². The molecule has 6 heteroatoms. The second-order valence-corrected chi connectivity index (χ2v) is 6.92. The number of amides is 1. The standard InChI is InChI=1S/C20H27FN4O/c1-3-9-25-16(2)19(14-22-25)20(26)24-11-4-10-23(12-13-24)15-17-5-7-18(21)8-6-17/h5-8,14H,3-4,9-13,15H2,1-2H3. The highest BCUT2D eigenvalue weighted by Gasteiger charge is 2.23. The summed E-state index contributed by atoms with van der Waals surface area (Å²) in [6, 6.07) is 6.66. The summed E-state index contributed by atoms with van der Waals surface area (Å²) in [7, 11) is 0. The van der Waals surface area contributed by atoms with E-state index in [4.69, 9.17) is 0 Å². The van der Waals surface area contributed by atoms with Gasteiger partial charge in [0.2, 0.25) is 0 Å². The van der Waals surface area contributed by atoms with Gasteiger partial charge in [-0.15, -0.1) is 0 Å². The van der Waals surface area contributed by atoms with Gasteiger partial charge in [-0.05, 0) is 37.5 Å². The Morgan fingerprint density at radius 3 is 2.65 bits per heavy atom. The number of aromatic nitrogens is 2. The summed E-state index contributed by atoms with van der Waals surface area (Å²) in [5.41, 5.74) is 2.76. The first-order valence-electron chi connectivity index (χ1n) is 9.37. The minimum Gasteiger partial charge on any atom is -0.337 e. The first-order valence-corrected chi connectivity index (χ1v) is 9.37. The van der Waals surface area contributed by atoms with Crippen LogP contribution >= 0.6 is 0 Å². The van der Waals surface area contributed by atoms with Crippen molar-refractivity contribution in [2.45, 2.75) is 39.8 Å². The lowest BCUT2D eigenvalue weighted by Crippen LogP contribution is -2.35. The number of halogens is 1. The summed E-state index contributed by atoms with van der Waals surface area (Å²) < 4.78 is 15.0. The van der Waals surface area contributed by atoms with Crippen molar-refractivity contribution >= 4 is 5.91 Å². The zero-order valence-corrected chi connectivity index (χ0v) is 15.6. The van der Waals surface area contributed by atoms with Crippen LogP contribution in [-0.4, -0.2) is 51.7 Å². The Morgan fingerprint density at radius 1 is 1.15 bits per heavy atom. The first kappa shape index (κ1) is 18.6. The lowest BCUT2D eigenvalue weighted by atomic mass is 10.2. The van der Waals surface area contributed by atoms with Gasteiger partial charge in [0, 0.05) is 45.0 Å². The quantitative estimate of drug-likeness (QED) is 0.825. The minimum absolute atomic E-state index is 0.0773. The van der Waals surface area contributed by atoms with E-state index in [0.29, 0.717) is 12.1 Å². The summed E-state index contributed by atoms with van der Waals surface area (Å²) in [5, 5.41) is 4.35. The summed E-state index contributed by atoms with van der Waals surface area (Å²) in [5.74, 6) is -0.131. The fraction of sp³-hybridized carbons (Fsp3) is 0.500. The van der Waals surface area contributed by atoms with Crippen molar-refractivity contribution in [3.05, 3.63) is 53.1 Å². The molecule has 1 aliphatic heterocycles. The van der Waals surface area contributed by atoms with E-state index in [-0.39, 0.29) is 11.7 Å². The molecule has 1 saturated heterocycles. The summed E-state index contributed by atoms with van der Waals surface area (Å²) >= 11 is 0. The van der Waals surface area contributed by atoms with Gasteiger partial charge >= 0.3 is 0 Å². The highest BCUT2D eigenvalue weighted by Crippen LogP contribution is 2.15. The number of hydrogen-bond donors (Lipinski definition) is 0. The normalized spacial score (nSPS) is 15.9. The Kier molecular flexibility index (Phi) is 6.04. The lowest BCUT2D eigenvalue weighted by molar-refractivity contribution is 0.0760. The molecule has 1 amide bonds. The van der Waals surface area contributed by atoms with Crippen LogP contribution in [0, 0.1) is 12.7 Å². The van der Waals surface area contributed by atoms with Crippen molar-refractivity contribution in [1.29, 1.82) is 0 Å². The zero-order valence-electron chi connectivity index (χ0n) is 15.6. The molecule has 1 aromatic heterocycles. The van der Waals surface area contributed by atoms with E-state index in [2.05, 4.69) is 16.9 Å². The van der Waals surface area contributed by atoms with Crippen LogP contribution in [0.2, 0.25) is 0 Å². The van der Waals surface area contributed by atoms with Gasteiger partial charge in [-0.1, -0.05) is 19.1 Å². The first-order chi connectivity index (χ1) is 12.6. The van der Waals surface area contributed by atoms with Gasteiger partial charge in [-0.3, -0.25) is 14.4 Å². The Bertz CT molecular complexity index is 741. The van der Waals surface area contributed by atoms with E-state index in [1.165, 1.54) is 12.1 Å². The van der Waals surface area contributed by atoms with E-state index >= 15 is 0 Å². The molecule has 0 atom stereocenters. The molecule has 0 bridgehead atoms. The third-order valence-corrected chi connectivity index (χ3v) is 4.96. The molecule has 1 fully saturated rings. The van der Waals surface area contributed by atoms with Crippen LogP contribution in [0.1, 0.15) is 41.4 Å². The predicted molar refractivity (Wildman–Crippen MR) is 99.5 cm³/mol. The number of hydrogen-bond acceptors (Lipinski definition) is 3. The van der Waals surface area contributed by atoms with Gasteiger partial charge in [0.15, 0.2) is 0 Å². The maximum absolute atomic E-state index is 13.0. The molecule has 0 spiro atoms. The number of carbonyl (C=O) groups excluding carboxylic acids is 1. The average Bonchev–Trinajstić information content (AvgIpc) is 2.85. The molecule has 1 aromatic carbocycles. The average molecular weight is 358 g/mol. The van der Waals surface area contributed by atoms with Gasteiger partial charge in [-0.2, -0.15) is 5.10 Å². The van der Waals surface area contributed by atoms with Crippen molar-refractivity contribution in [3.63, 3.8) is 0 Å². The Labute approximate surface area is 154 Å². The molecule has 0 saturated carbocycles. The summed E-state index contributed by atoms with van der Waals surface area (Å²) in [6.07, 6.45) is 3.64. The smallest absolute Gasteiger partial charge is 0.257 e. The lowest BCUT2D eigenvalue weighted by Gasteiger charge is -2.22. The molecule has 0 N–H and O–H groups in total. The molecule has 140 valence electrons. The van der Waals surface area contributed by atoms with Gasteiger partial charge in [0.1, 0.15) is 5.82 Å². The van der Waals surface area contributed by atoms with Gasteiger partial charge in [-0.25, -0.2) is 4.39 Å². The molecule has 26 heavy (non-hydrogen) atoms. The molecule has 0 unspecified atom stereocenters. The van der Waals surface area contributed by atoms with Crippen LogP contribution in [0.25, 0.3) is 0 Å². The Balaban J connectivity index is 1.61. The molecule has 2 heterocycles. The Hall–Kier alpha value is -2.21. The predicted octanol–water partition coefficient (Wildman–Crippen LogP) is 3.09. The molecule has 0 aliphatic carbocycles. The van der Waals surface area contributed by atoms with E-state index in [1.54, 1.807) is 6.20 Å². The molecule has 1 aliphatic rings. The van der Waals surface area contributed by atoms with E-state index in [0.717, 1.165) is 56.8 Å². The summed E-state index contributed by atoms with van der Waals surface area (Å²) in [6.45, 7) is 8.93. The molecule has 2 aromatic rings. The fourth-order valence-corrected chi connectivity index (χ4v) is 3.44. The Morgan fingerprint density at radius 2 is 1.92 bits per heavy atom. The summed E-state index contributed by atoms with van der Waals surface area (Å²) in [4.78, 5) is 17.2. The number of aryl methyl sites for hydroxylation is 1. The SMILES string of the molecule is CCCn1ncc(C(=O)N2CCCN(Cc3ccc(F)cc3)CC2)c1C. The van der Waals surface area contributed by atoms with Crippen LogP contribution in [0.4, 0.5) is 4.39 Å². The van der Waals surface area contributed by atoms with Gasteiger partial charge < -0.3 is 4.90 Å². The topological polar surface area (TPSA) is 41.4 Å². The molecular formula is C20H27FN4O. The van der Waals surface area contributed by atoms with Crippen molar-refractivity contribution < 1.29 is 9.18 Å². The molecule has 3 rings (SSSR count). The number of rotatable bonds is 5. The van der Waals surface area contributed by atoms with Gasteiger partial charge in [0.25, 0.3) is 5.91 Å². The maximum atomic E-state index is 13.0. The largest absolute Gasteiger partial charge is 0.337 e. The van der Waals surface area contributed by atoms with Crippen molar-refractivity contribution in [3.8, 4) is 0 Å². The second kappa shape index (κ2) is 8.45. The van der Waals surface area contributed by atoms with E-state index in [9.17, 15) is 9.18 Å². The van der Waals surface area contributed by atoms with E-state index in [1.807, 2.05) is 28.6 Å². The maximum Gasteiger partial charge on any atom is 0.257 e. The number of nitrogens with zero attached hydrogens (tertiary/aromatic N) is 4. The highest BCUT2D eigenvalue weighted by molar-refractivity contribution is 5.95. The minimum atomic E-state index is -0.208. The van der Waals surface area contributed by atoms with Crippen molar-refractivity contribution in [2.24, 2.45) is 0 Å². The third-order valence-electron chi connectivity index (χ3n) is 4.96. The van der Waals surface area contributed by atoms with Crippen LogP contribution in [-0.2, 0) is 13.1 Å². The fourth-order valence-electron chi connectivity index (χ4n) is 3.44. The molecule has 5 nitrogen and oxygen atoms in total. The van der Waals surface area contributed by atoms with Crippen molar-refractivity contribution in [1.82, 2.24) is 19.6 Å². The van der Waals surface area contributed by atoms with Crippen LogP contribution in [0.3, 0.4) is 0 Å². The third kappa shape index (κ3) is 4.30. The number of carbonyl (C=O) groups is 1. The molecule has 0 radical (unpaired) electrons. The monoisotopic (exact) mass is 358 g/mol. The highest BCUT2D eigenvalue weighted by atomic mass is 19.1. The zero-order chi connectivity index (χ0) is 18.5. The van der Waals surface area contributed by atoms with Crippen LogP contribution in [0.15, 0.2) is 30.5 Å². The van der Waals surface area contributed by atoms with Crippen LogP contribution in [0.5, 0.6) is 0 Å². The van der Waals surface area contributed by atoms with Crippen molar-refractivity contribution in [2.75, 3.05) is 26.2 Å². The molecular weight excluding hydrogens is 331 g/mol. The van der Waals surface area contributed by atoms with Crippen LogP contribution < -0.4 is 0 Å². The second-order valence-electron chi connectivity index (χ2n) is 6.92. The van der Waals surface area contributed by atoms with Gasteiger partial charge in [0.05, 0.1) is 11.8 Å². The number of benzene rings is 1.